The van der Waals surface area contributed by atoms with Crippen molar-refractivity contribution in [2.24, 2.45) is 0 Å². The van der Waals surface area contributed by atoms with Gasteiger partial charge in [0, 0.05) is 12.6 Å². The molecule has 0 radical (unpaired) electrons. The summed E-state index contributed by atoms with van der Waals surface area (Å²) in [5.74, 6) is -0.582. The van der Waals surface area contributed by atoms with E-state index in [2.05, 4.69) is 5.32 Å². The van der Waals surface area contributed by atoms with E-state index in [1.807, 2.05) is 6.92 Å². The van der Waals surface area contributed by atoms with Crippen LogP contribution in [0, 0.1) is 0 Å². The fourth-order valence-corrected chi connectivity index (χ4v) is 3.43. The minimum Gasteiger partial charge on any atom is -0.504 e. The smallest absolute Gasteiger partial charge is 0.290 e. The summed E-state index contributed by atoms with van der Waals surface area (Å²) in [6, 6.07) is 7.14. The van der Waals surface area contributed by atoms with Crippen molar-refractivity contribution >= 4 is 11.8 Å². The van der Waals surface area contributed by atoms with E-state index in [0.29, 0.717) is 19.4 Å². The van der Waals surface area contributed by atoms with Crippen LogP contribution in [0.5, 0.6) is 11.5 Å². The second-order valence-corrected chi connectivity index (χ2v) is 6.92. The highest BCUT2D eigenvalue weighted by Crippen LogP contribution is 2.25. The number of hydrogen-bond donors (Lipinski definition) is 3. The lowest BCUT2D eigenvalue weighted by Gasteiger charge is -2.34. The first kappa shape index (κ1) is 18.8. The van der Waals surface area contributed by atoms with Crippen molar-refractivity contribution in [1.29, 1.82) is 0 Å². The molecule has 1 aliphatic rings. The number of benzene rings is 1. The van der Waals surface area contributed by atoms with Crippen LogP contribution < -0.4 is 5.32 Å². The first-order valence-electron chi connectivity index (χ1n) is 9.11. The normalized spacial score (nSPS) is 18.1. The van der Waals surface area contributed by atoms with E-state index < -0.39 is 6.04 Å². The number of likely N-dealkylation sites (tertiary alicyclic amines) is 1. The second-order valence-electron chi connectivity index (χ2n) is 6.92. The van der Waals surface area contributed by atoms with Crippen LogP contribution in [-0.2, 0) is 11.2 Å². The van der Waals surface area contributed by atoms with Crippen LogP contribution in [0.1, 0.15) is 42.3 Å². The van der Waals surface area contributed by atoms with Crippen LogP contribution in [0.25, 0.3) is 0 Å². The van der Waals surface area contributed by atoms with Crippen LogP contribution in [-0.4, -0.2) is 45.6 Å². The molecule has 2 amide bonds. The molecule has 1 aliphatic heterocycles. The van der Waals surface area contributed by atoms with Gasteiger partial charge in [0.15, 0.2) is 17.3 Å². The summed E-state index contributed by atoms with van der Waals surface area (Å²) in [5.41, 5.74) is 0.797. The Bertz CT molecular complexity index is 803. The first-order valence-corrected chi connectivity index (χ1v) is 9.11. The van der Waals surface area contributed by atoms with Crippen LogP contribution in [0.3, 0.4) is 0 Å². The van der Waals surface area contributed by atoms with Crippen molar-refractivity contribution in [3.8, 4) is 11.5 Å². The monoisotopic (exact) mass is 372 g/mol. The Kier molecular flexibility index (Phi) is 5.69. The average Bonchev–Trinajstić information content (AvgIpc) is 3.19. The molecule has 2 atom stereocenters. The molecular formula is C20H24N2O5. The highest BCUT2D eigenvalue weighted by Gasteiger charge is 2.34. The maximum Gasteiger partial charge on any atom is 0.290 e. The van der Waals surface area contributed by atoms with Crippen LogP contribution in [0.4, 0.5) is 0 Å². The number of piperidine rings is 1. The zero-order chi connectivity index (χ0) is 19.4. The zero-order valence-corrected chi connectivity index (χ0v) is 15.2. The number of phenolic OH excluding ortho intramolecular Hbond substituents is 2. The minimum absolute atomic E-state index is 0.176. The van der Waals surface area contributed by atoms with Crippen molar-refractivity contribution in [1.82, 2.24) is 10.2 Å². The highest BCUT2D eigenvalue weighted by atomic mass is 16.3. The third-order valence-corrected chi connectivity index (χ3v) is 4.77. The molecule has 0 saturated carbocycles. The van der Waals surface area contributed by atoms with E-state index in [-0.39, 0.29) is 35.1 Å². The second kappa shape index (κ2) is 8.16. The fraction of sp³-hybridized carbons (Fsp3) is 0.400. The van der Waals surface area contributed by atoms with Gasteiger partial charge in [0.05, 0.1) is 6.26 Å². The number of hydrogen-bond acceptors (Lipinski definition) is 5. The summed E-state index contributed by atoms with van der Waals surface area (Å²) in [6.45, 7) is 2.39. The lowest BCUT2D eigenvalue weighted by Crippen LogP contribution is -2.53. The Balaban J connectivity index is 1.64. The molecule has 7 nitrogen and oxygen atoms in total. The number of nitrogens with one attached hydrogen (secondary N) is 1. The van der Waals surface area contributed by atoms with E-state index in [0.717, 1.165) is 18.4 Å². The quantitative estimate of drug-likeness (QED) is 0.700. The summed E-state index contributed by atoms with van der Waals surface area (Å²) >= 11 is 0. The van der Waals surface area contributed by atoms with Crippen LogP contribution in [0.15, 0.2) is 41.0 Å². The average molecular weight is 372 g/mol. The number of nitrogens with zero attached hydrogens (tertiary/aromatic N) is 1. The van der Waals surface area contributed by atoms with Crippen molar-refractivity contribution in [2.45, 2.75) is 44.7 Å². The number of furan rings is 1. The molecule has 1 saturated heterocycles. The van der Waals surface area contributed by atoms with Crippen molar-refractivity contribution in [2.75, 3.05) is 6.54 Å². The third kappa shape index (κ3) is 4.42. The number of carbonyl (C=O) groups is 2. The van der Waals surface area contributed by atoms with Gasteiger partial charge in [0.2, 0.25) is 5.91 Å². The summed E-state index contributed by atoms with van der Waals surface area (Å²) in [5, 5.41) is 21.9. The van der Waals surface area contributed by atoms with E-state index in [9.17, 15) is 19.8 Å². The topological polar surface area (TPSA) is 103 Å². The van der Waals surface area contributed by atoms with Crippen LogP contribution in [0.2, 0.25) is 0 Å². The number of rotatable bonds is 5. The fourth-order valence-electron chi connectivity index (χ4n) is 3.43. The summed E-state index contributed by atoms with van der Waals surface area (Å²) in [7, 11) is 0. The summed E-state index contributed by atoms with van der Waals surface area (Å²) in [4.78, 5) is 27.0. The van der Waals surface area contributed by atoms with Gasteiger partial charge in [0.1, 0.15) is 6.04 Å². The molecule has 2 heterocycles. The molecule has 2 aromatic rings. The van der Waals surface area contributed by atoms with Gasteiger partial charge in [-0.1, -0.05) is 6.07 Å². The zero-order valence-electron chi connectivity index (χ0n) is 15.2. The molecule has 1 aromatic carbocycles. The predicted octanol–water partition coefficient (Wildman–Crippen LogP) is 2.43. The lowest BCUT2D eigenvalue weighted by atomic mass is 10.00. The van der Waals surface area contributed by atoms with Gasteiger partial charge in [-0.2, -0.15) is 0 Å². The van der Waals surface area contributed by atoms with Crippen LogP contribution >= 0.6 is 0 Å². The third-order valence-electron chi connectivity index (χ3n) is 4.77. The standard InChI is InChI=1S/C20H24N2O5/c1-13(11-14-7-8-16(23)17(24)12-14)21-19(25)15-5-2-3-9-22(15)20(26)18-6-4-10-27-18/h4,6-8,10,12-13,15,23-24H,2-3,5,9,11H2,1H3,(H,21,25). The Labute approximate surface area is 157 Å². The lowest BCUT2D eigenvalue weighted by molar-refractivity contribution is -0.127. The van der Waals surface area contributed by atoms with Gasteiger partial charge in [0.25, 0.3) is 5.91 Å². The van der Waals surface area contributed by atoms with Crippen molar-refractivity contribution < 1.29 is 24.2 Å². The maximum atomic E-state index is 12.8. The molecular weight excluding hydrogens is 348 g/mol. The maximum absolute atomic E-state index is 12.8. The van der Waals surface area contributed by atoms with E-state index in [1.165, 1.54) is 18.4 Å². The molecule has 0 aliphatic carbocycles. The summed E-state index contributed by atoms with van der Waals surface area (Å²) < 4.78 is 5.19. The molecule has 3 N–H and O–H groups in total. The molecule has 0 spiro atoms. The number of carbonyl (C=O) groups excluding carboxylic acids is 2. The molecule has 144 valence electrons. The molecule has 1 fully saturated rings. The highest BCUT2D eigenvalue weighted by molar-refractivity contribution is 5.95. The van der Waals surface area contributed by atoms with E-state index in [4.69, 9.17) is 4.42 Å². The van der Waals surface area contributed by atoms with Gasteiger partial charge in [-0.25, -0.2) is 0 Å². The Morgan fingerprint density at radius 3 is 2.78 bits per heavy atom. The summed E-state index contributed by atoms with van der Waals surface area (Å²) in [6.07, 6.45) is 4.31. The predicted molar refractivity (Wildman–Crippen MR) is 98.5 cm³/mol. The number of aromatic hydroxyl groups is 2. The van der Waals surface area contributed by atoms with Gasteiger partial charge in [-0.3, -0.25) is 9.59 Å². The largest absolute Gasteiger partial charge is 0.504 e. The van der Waals surface area contributed by atoms with Gasteiger partial charge >= 0.3 is 0 Å². The molecule has 7 heteroatoms. The van der Waals surface area contributed by atoms with Crippen molar-refractivity contribution in [3.05, 3.63) is 47.9 Å². The Hall–Kier alpha value is -2.96. The Morgan fingerprint density at radius 2 is 2.07 bits per heavy atom. The minimum atomic E-state index is -0.521. The number of amides is 2. The van der Waals surface area contributed by atoms with Gasteiger partial charge < -0.3 is 24.8 Å². The first-order chi connectivity index (χ1) is 13.0. The molecule has 1 aromatic heterocycles. The molecule has 0 bridgehead atoms. The van der Waals surface area contributed by atoms with Gasteiger partial charge in [-0.15, -0.1) is 0 Å². The molecule has 3 rings (SSSR count). The van der Waals surface area contributed by atoms with E-state index in [1.54, 1.807) is 23.1 Å². The van der Waals surface area contributed by atoms with E-state index >= 15 is 0 Å². The number of phenols is 2. The van der Waals surface area contributed by atoms with Gasteiger partial charge in [-0.05, 0) is 62.4 Å². The van der Waals surface area contributed by atoms with Crippen molar-refractivity contribution in [3.63, 3.8) is 0 Å². The Morgan fingerprint density at radius 1 is 1.26 bits per heavy atom. The molecule has 2 unspecified atom stereocenters. The SMILES string of the molecule is CC(Cc1ccc(O)c(O)c1)NC(=O)C1CCCCN1C(=O)c1ccco1. The molecule has 27 heavy (non-hydrogen) atoms.